The van der Waals surface area contributed by atoms with Crippen LogP contribution in [-0.4, -0.2) is 30.6 Å². The van der Waals surface area contributed by atoms with Gasteiger partial charge in [-0.1, -0.05) is 32.6 Å². The Kier molecular flexibility index (Phi) is 4.85. The van der Waals surface area contributed by atoms with Gasteiger partial charge in [-0.2, -0.15) is 0 Å². The molecule has 1 unspecified atom stereocenters. The molecule has 3 aliphatic rings. The predicted molar refractivity (Wildman–Crippen MR) is 102 cm³/mol. The third-order valence-corrected chi connectivity index (χ3v) is 6.55. The zero-order valence-corrected chi connectivity index (χ0v) is 16.2. The highest BCUT2D eigenvalue weighted by molar-refractivity contribution is 5.77. The highest BCUT2D eigenvalue weighted by Gasteiger charge is 2.46. The number of amides is 1. The molecule has 1 aromatic carbocycles. The minimum atomic E-state index is 0.109. The fourth-order valence-corrected chi connectivity index (χ4v) is 5.08. The smallest absolute Gasteiger partial charge is 0.223 e. The standard InChI is InChI=1S/C22H31NO3/c1-3-4-5-8-21(24)23-15-22(9-6-7-10-22)18-14-20-19(25-11-12-26-20)13-17(18)16(23)2/h13-14,16H,3-12,15H2,1-2H3. The van der Waals surface area contributed by atoms with Crippen LogP contribution in [0.1, 0.15) is 82.4 Å². The van der Waals surface area contributed by atoms with Gasteiger partial charge in [0.25, 0.3) is 0 Å². The molecule has 0 N–H and O–H groups in total. The van der Waals surface area contributed by atoms with Crippen molar-refractivity contribution < 1.29 is 14.3 Å². The highest BCUT2D eigenvalue weighted by Crippen LogP contribution is 2.52. The second-order valence-electron chi connectivity index (χ2n) is 8.23. The summed E-state index contributed by atoms with van der Waals surface area (Å²) in [5.74, 6) is 2.05. The number of rotatable bonds is 4. The van der Waals surface area contributed by atoms with Gasteiger partial charge in [-0.3, -0.25) is 4.79 Å². The highest BCUT2D eigenvalue weighted by atomic mass is 16.6. The quantitative estimate of drug-likeness (QED) is 0.730. The second kappa shape index (κ2) is 7.13. The zero-order valence-electron chi connectivity index (χ0n) is 16.2. The van der Waals surface area contributed by atoms with E-state index in [0.29, 0.717) is 25.5 Å². The van der Waals surface area contributed by atoms with Crippen LogP contribution in [-0.2, 0) is 10.2 Å². The lowest BCUT2D eigenvalue weighted by molar-refractivity contribution is -0.135. The number of benzene rings is 1. The Morgan fingerprint density at radius 2 is 1.85 bits per heavy atom. The van der Waals surface area contributed by atoms with E-state index < -0.39 is 0 Å². The Labute approximate surface area is 156 Å². The van der Waals surface area contributed by atoms with E-state index in [1.807, 2.05) is 0 Å². The summed E-state index contributed by atoms with van der Waals surface area (Å²) in [7, 11) is 0. The Morgan fingerprint density at radius 1 is 1.15 bits per heavy atom. The van der Waals surface area contributed by atoms with Gasteiger partial charge in [0.1, 0.15) is 13.2 Å². The van der Waals surface area contributed by atoms with Crippen LogP contribution in [0.3, 0.4) is 0 Å². The number of fused-ring (bicyclic) bond motifs is 3. The van der Waals surface area contributed by atoms with E-state index in [0.717, 1.165) is 37.3 Å². The molecule has 0 aromatic heterocycles. The molecule has 26 heavy (non-hydrogen) atoms. The Hall–Kier alpha value is -1.71. The van der Waals surface area contributed by atoms with Crippen molar-refractivity contribution in [3.63, 3.8) is 0 Å². The zero-order chi connectivity index (χ0) is 18.1. The molecule has 0 saturated heterocycles. The van der Waals surface area contributed by atoms with E-state index in [9.17, 15) is 4.79 Å². The van der Waals surface area contributed by atoms with Gasteiger partial charge < -0.3 is 14.4 Å². The van der Waals surface area contributed by atoms with Crippen molar-refractivity contribution in [3.05, 3.63) is 23.3 Å². The van der Waals surface area contributed by atoms with Crippen LogP contribution in [0.2, 0.25) is 0 Å². The summed E-state index contributed by atoms with van der Waals surface area (Å²) in [4.78, 5) is 15.1. The second-order valence-corrected chi connectivity index (χ2v) is 8.23. The molecular weight excluding hydrogens is 326 g/mol. The van der Waals surface area contributed by atoms with Crippen LogP contribution in [0.25, 0.3) is 0 Å². The Bertz CT molecular complexity index is 678. The summed E-state index contributed by atoms with van der Waals surface area (Å²) in [5.41, 5.74) is 2.79. The number of nitrogens with zero attached hydrogens (tertiary/aromatic N) is 1. The molecule has 1 aliphatic carbocycles. The summed E-state index contributed by atoms with van der Waals surface area (Å²) >= 11 is 0. The average molecular weight is 357 g/mol. The van der Waals surface area contributed by atoms with Crippen molar-refractivity contribution in [1.82, 2.24) is 4.90 Å². The minimum absolute atomic E-state index is 0.109. The van der Waals surface area contributed by atoms with E-state index in [-0.39, 0.29) is 11.5 Å². The van der Waals surface area contributed by atoms with Crippen molar-refractivity contribution in [3.8, 4) is 11.5 Å². The third kappa shape index (κ3) is 2.97. The monoisotopic (exact) mass is 357 g/mol. The van der Waals surface area contributed by atoms with E-state index in [1.165, 1.54) is 36.8 Å². The number of carbonyl (C=O) groups excluding carboxylic acids is 1. The molecule has 4 heteroatoms. The van der Waals surface area contributed by atoms with Crippen molar-refractivity contribution in [2.45, 2.75) is 76.7 Å². The Balaban J connectivity index is 1.69. The largest absolute Gasteiger partial charge is 0.486 e. The molecule has 2 aliphatic heterocycles. The van der Waals surface area contributed by atoms with Crippen molar-refractivity contribution >= 4 is 5.91 Å². The summed E-state index contributed by atoms with van der Waals surface area (Å²) in [6, 6.07) is 4.49. The van der Waals surface area contributed by atoms with Gasteiger partial charge in [-0.25, -0.2) is 0 Å². The topological polar surface area (TPSA) is 38.8 Å². The number of carbonyl (C=O) groups is 1. The molecule has 142 valence electrons. The van der Waals surface area contributed by atoms with Gasteiger partial charge in [0.2, 0.25) is 5.91 Å². The lowest BCUT2D eigenvalue weighted by Gasteiger charge is -2.46. The van der Waals surface area contributed by atoms with Gasteiger partial charge in [0.15, 0.2) is 11.5 Å². The van der Waals surface area contributed by atoms with Gasteiger partial charge in [0.05, 0.1) is 6.04 Å². The van der Waals surface area contributed by atoms with E-state index in [4.69, 9.17) is 9.47 Å². The molecule has 0 radical (unpaired) electrons. The maximum Gasteiger partial charge on any atom is 0.223 e. The van der Waals surface area contributed by atoms with Crippen LogP contribution < -0.4 is 9.47 Å². The molecule has 1 aromatic rings. The molecule has 2 heterocycles. The van der Waals surface area contributed by atoms with Crippen LogP contribution in [0.5, 0.6) is 11.5 Å². The van der Waals surface area contributed by atoms with E-state index >= 15 is 0 Å². The normalized spacial score (nSPS) is 23.2. The van der Waals surface area contributed by atoms with Crippen molar-refractivity contribution in [1.29, 1.82) is 0 Å². The van der Waals surface area contributed by atoms with Crippen LogP contribution >= 0.6 is 0 Å². The maximum atomic E-state index is 13.0. The molecule has 1 fully saturated rings. The third-order valence-electron chi connectivity index (χ3n) is 6.55. The number of hydrogen-bond acceptors (Lipinski definition) is 3. The van der Waals surface area contributed by atoms with Gasteiger partial charge in [0, 0.05) is 18.4 Å². The first kappa shape index (κ1) is 17.7. The average Bonchev–Trinajstić information content (AvgIpc) is 3.13. The number of ether oxygens (including phenoxy) is 2. The summed E-state index contributed by atoms with van der Waals surface area (Å²) in [6.45, 7) is 6.45. The summed E-state index contributed by atoms with van der Waals surface area (Å²) in [6.07, 6.45) is 8.80. The minimum Gasteiger partial charge on any atom is -0.486 e. The van der Waals surface area contributed by atoms with Crippen molar-refractivity contribution in [2.24, 2.45) is 0 Å². The first-order valence-electron chi connectivity index (χ1n) is 10.4. The molecule has 1 saturated carbocycles. The van der Waals surface area contributed by atoms with Crippen LogP contribution in [0.15, 0.2) is 12.1 Å². The fourth-order valence-electron chi connectivity index (χ4n) is 5.08. The molecule has 1 amide bonds. The van der Waals surface area contributed by atoms with Gasteiger partial charge in [-0.05, 0) is 49.4 Å². The molecule has 4 nitrogen and oxygen atoms in total. The molecular formula is C22H31NO3. The lowest BCUT2D eigenvalue weighted by atomic mass is 9.71. The van der Waals surface area contributed by atoms with Crippen molar-refractivity contribution in [2.75, 3.05) is 19.8 Å². The number of unbranched alkanes of at least 4 members (excludes halogenated alkanes) is 2. The first-order valence-corrected chi connectivity index (χ1v) is 10.4. The van der Waals surface area contributed by atoms with Gasteiger partial charge >= 0.3 is 0 Å². The van der Waals surface area contributed by atoms with Gasteiger partial charge in [-0.15, -0.1) is 0 Å². The summed E-state index contributed by atoms with van der Waals surface area (Å²) < 4.78 is 11.7. The Morgan fingerprint density at radius 3 is 2.54 bits per heavy atom. The summed E-state index contributed by atoms with van der Waals surface area (Å²) in [5, 5.41) is 0. The predicted octanol–water partition coefficient (Wildman–Crippen LogP) is 4.75. The maximum absolute atomic E-state index is 13.0. The van der Waals surface area contributed by atoms with E-state index in [2.05, 4.69) is 30.9 Å². The lowest BCUT2D eigenvalue weighted by Crippen LogP contribution is -2.48. The molecule has 1 spiro atoms. The number of hydrogen-bond donors (Lipinski definition) is 0. The molecule has 1 atom stereocenters. The fraction of sp³-hybridized carbons (Fsp3) is 0.682. The SMILES string of the molecule is CCCCCC(=O)N1CC2(CCCC2)c2cc3c(cc2C1C)OCCO3. The molecule has 0 bridgehead atoms. The first-order chi connectivity index (χ1) is 12.6. The molecule has 4 rings (SSSR count). The van der Waals surface area contributed by atoms with E-state index in [1.54, 1.807) is 0 Å². The van der Waals surface area contributed by atoms with Crippen LogP contribution in [0.4, 0.5) is 0 Å². The van der Waals surface area contributed by atoms with Crippen LogP contribution in [0, 0.1) is 0 Å².